The number of carbonyl (C=O) groups excluding carboxylic acids is 1. The van der Waals surface area contributed by atoms with Gasteiger partial charge in [-0.1, -0.05) is 25.3 Å². The van der Waals surface area contributed by atoms with E-state index in [-0.39, 0.29) is 11.8 Å². The van der Waals surface area contributed by atoms with Gasteiger partial charge in [-0.25, -0.2) is 0 Å². The largest absolute Gasteiger partial charge is 0.332 e. The molecule has 0 spiro atoms. The topological polar surface area (TPSA) is 29.1 Å². The first-order chi connectivity index (χ1) is 5.88. The molecule has 1 fully saturated rings. The number of carbonyl (C=O) groups is 1. The van der Waals surface area contributed by atoms with Gasteiger partial charge < -0.3 is 5.32 Å². The van der Waals surface area contributed by atoms with Crippen LogP contribution in [-0.2, 0) is 4.79 Å². The van der Waals surface area contributed by atoms with E-state index in [0.29, 0.717) is 5.92 Å². The molecule has 0 saturated heterocycles. The summed E-state index contributed by atoms with van der Waals surface area (Å²) in [6, 6.07) is 0. The summed E-state index contributed by atoms with van der Waals surface area (Å²) in [5, 5.41) is 2.75. The van der Waals surface area contributed by atoms with Gasteiger partial charge >= 0.3 is 0 Å². The van der Waals surface area contributed by atoms with Crippen molar-refractivity contribution in [3.63, 3.8) is 0 Å². The van der Waals surface area contributed by atoms with Crippen LogP contribution in [0.5, 0.6) is 0 Å². The molecule has 0 radical (unpaired) electrons. The monoisotopic (exact) mass is 165 g/mol. The molecule has 1 atom stereocenters. The molecule has 1 saturated carbocycles. The van der Waals surface area contributed by atoms with Gasteiger partial charge in [-0.3, -0.25) is 4.79 Å². The fourth-order valence-electron chi connectivity index (χ4n) is 2.28. The minimum atomic E-state index is 0.185. The fourth-order valence-corrected chi connectivity index (χ4v) is 2.28. The van der Waals surface area contributed by atoms with Gasteiger partial charge in [0.1, 0.15) is 0 Å². The second kappa shape index (κ2) is 3.30. The lowest BCUT2D eigenvalue weighted by molar-refractivity contribution is -0.123. The zero-order chi connectivity index (χ0) is 8.39. The average Bonchev–Trinajstić information content (AvgIpc) is 2.53. The van der Waals surface area contributed by atoms with Crippen LogP contribution in [0.15, 0.2) is 12.3 Å². The minimum absolute atomic E-state index is 0.185. The minimum Gasteiger partial charge on any atom is -0.332 e. The highest BCUT2D eigenvalue weighted by Gasteiger charge is 2.29. The lowest BCUT2D eigenvalue weighted by atomic mass is 9.80. The third-order valence-electron chi connectivity index (χ3n) is 2.99. The Morgan fingerprint density at radius 3 is 2.58 bits per heavy atom. The highest BCUT2D eigenvalue weighted by molar-refractivity contribution is 5.84. The third kappa shape index (κ3) is 1.38. The molecule has 1 aliphatic heterocycles. The van der Waals surface area contributed by atoms with E-state index in [9.17, 15) is 4.79 Å². The second-order valence-electron chi connectivity index (χ2n) is 3.79. The maximum absolute atomic E-state index is 11.3. The number of amides is 1. The molecule has 2 rings (SSSR count). The van der Waals surface area contributed by atoms with E-state index in [2.05, 4.69) is 5.32 Å². The molecule has 1 heterocycles. The van der Waals surface area contributed by atoms with Crippen molar-refractivity contribution in [2.75, 3.05) is 0 Å². The smallest absolute Gasteiger partial charge is 0.231 e. The lowest BCUT2D eigenvalue weighted by Gasteiger charge is -2.24. The molecule has 0 bridgehead atoms. The maximum Gasteiger partial charge on any atom is 0.231 e. The molecule has 0 aromatic rings. The fraction of sp³-hybridized carbons (Fsp3) is 0.700. The van der Waals surface area contributed by atoms with Crippen LogP contribution in [0.2, 0.25) is 0 Å². The summed E-state index contributed by atoms with van der Waals surface area (Å²) in [7, 11) is 0. The predicted molar refractivity (Wildman–Crippen MR) is 47.3 cm³/mol. The molecular formula is C10H15NO. The van der Waals surface area contributed by atoms with E-state index in [1.54, 1.807) is 6.20 Å². The molecule has 0 aromatic carbocycles. The molecule has 2 heteroatoms. The average molecular weight is 165 g/mol. The first-order valence-electron chi connectivity index (χ1n) is 4.85. The Bertz CT molecular complexity index is 204. The maximum atomic E-state index is 11.3. The molecule has 2 nitrogen and oxygen atoms in total. The lowest BCUT2D eigenvalue weighted by Crippen LogP contribution is -2.26. The molecule has 2 aliphatic rings. The van der Waals surface area contributed by atoms with E-state index in [0.717, 1.165) is 0 Å². The summed E-state index contributed by atoms with van der Waals surface area (Å²) in [6.07, 6.45) is 10.3. The first-order valence-corrected chi connectivity index (χ1v) is 4.85. The molecule has 12 heavy (non-hydrogen) atoms. The van der Waals surface area contributed by atoms with Crippen LogP contribution in [0, 0.1) is 11.8 Å². The van der Waals surface area contributed by atoms with E-state index >= 15 is 0 Å². The zero-order valence-corrected chi connectivity index (χ0v) is 7.25. The quantitative estimate of drug-likeness (QED) is 0.631. The van der Waals surface area contributed by atoms with Crippen molar-refractivity contribution in [3.8, 4) is 0 Å². The van der Waals surface area contributed by atoms with Crippen molar-refractivity contribution in [2.45, 2.75) is 32.1 Å². The van der Waals surface area contributed by atoms with Crippen molar-refractivity contribution >= 4 is 5.91 Å². The van der Waals surface area contributed by atoms with Gasteiger partial charge in [-0.2, -0.15) is 0 Å². The Hall–Kier alpha value is -0.790. The number of hydrogen-bond donors (Lipinski definition) is 1. The van der Waals surface area contributed by atoms with Crippen molar-refractivity contribution in [3.05, 3.63) is 12.3 Å². The Balaban J connectivity index is 1.97. The number of nitrogens with one attached hydrogen (secondary N) is 1. The summed E-state index contributed by atoms with van der Waals surface area (Å²) in [5.41, 5.74) is 0. The van der Waals surface area contributed by atoms with Crippen LogP contribution in [0.3, 0.4) is 0 Å². The molecule has 1 N–H and O–H groups in total. The van der Waals surface area contributed by atoms with Crippen LogP contribution < -0.4 is 5.32 Å². The normalized spacial score (nSPS) is 30.7. The van der Waals surface area contributed by atoms with Gasteiger partial charge in [0.05, 0.1) is 5.92 Å². The van der Waals surface area contributed by atoms with E-state index in [1.807, 2.05) is 6.08 Å². The van der Waals surface area contributed by atoms with Gasteiger partial charge in [0.15, 0.2) is 0 Å². The summed E-state index contributed by atoms with van der Waals surface area (Å²) in [4.78, 5) is 11.3. The Morgan fingerprint density at radius 2 is 2.00 bits per heavy atom. The molecular weight excluding hydrogens is 150 g/mol. The van der Waals surface area contributed by atoms with E-state index in [1.165, 1.54) is 32.1 Å². The van der Waals surface area contributed by atoms with Crippen LogP contribution in [0.1, 0.15) is 32.1 Å². The SMILES string of the molecule is O=C1NC=CC1C1CCCCC1. The predicted octanol–water partition coefficient (Wildman–Crippen LogP) is 1.83. The van der Waals surface area contributed by atoms with Crippen LogP contribution >= 0.6 is 0 Å². The van der Waals surface area contributed by atoms with Gasteiger partial charge in [-0.05, 0) is 18.8 Å². The van der Waals surface area contributed by atoms with Crippen molar-refractivity contribution in [1.29, 1.82) is 0 Å². The molecule has 1 aliphatic carbocycles. The standard InChI is InChI=1S/C10H15NO/c12-10-9(6-7-11-10)8-4-2-1-3-5-8/h6-9H,1-5H2,(H,11,12). The molecule has 0 aromatic heterocycles. The van der Waals surface area contributed by atoms with E-state index in [4.69, 9.17) is 0 Å². The van der Waals surface area contributed by atoms with Crippen molar-refractivity contribution in [2.24, 2.45) is 11.8 Å². The Labute approximate surface area is 73.0 Å². The summed E-state index contributed by atoms with van der Waals surface area (Å²) < 4.78 is 0. The van der Waals surface area contributed by atoms with Crippen LogP contribution in [0.25, 0.3) is 0 Å². The number of hydrogen-bond acceptors (Lipinski definition) is 1. The first kappa shape index (κ1) is 7.84. The van der Waals surface area contributed by atoms with Gasteiger partial charge in [0.25, 0.3) is 0 Å². The van der Waals surface area contributed by atoms with Gasteiger partial charge in [-0.15, -0.1) is 0 Å². The van der Waals surface area contributed by atoms with E-state index < -0.39 is 0 Å². The Kier molecular flexibility index (Phi) is 2.15. The Morgan fingerprint density at radius 1 is 1.25 bits per heavy atom. The zero-order valence-electron chi connectivity index (χ0n) is 7.25. The van der Waals surface area contributed by atoms with Crippen molar-refractivity contribution < 1.29 is 4.79 Å². The summed E-state index contributed by atoms with van der Waals surface area (Å²) in [5.74, 6) is 1.02. The van der Waals surface area contributed by atoms with Gasteiger partial charge in [0, 0.05) is 6.20 Å². The summed E-state index contributed by atoms with van der Waals surface area (Å²) in [6.45, 7) is 0. The molecule has 1 unspecified atom stereocenters. The highest BCUT2D eigenvalue weighted by atomic mass is 16.2. The summed E-state index contributed by atoms with van der Waals surface area (Å²) >= 11 is 0. The molecule has 66 valence electrons. The molecule has 1 amide bonds. The number of rotatable bonds is 1. The van der Waals surface area contributed by atoms with Crippen LogP contribution in [-0.4, -0.2) is 5.91 Å². The highest BCUT2D eigenvalue weighted by Crippen LogP contribution is 2.31. The van der Waals surface area contributed by atoms with Gasteiger partial charge in [0.2, 0.25) is 5.91 Å². The van der Waals surface area contributed by atoms with Crippen molar-refractivity contribution in [1.82, 2.24) is 5.32 Å². The third-order valence-corrected chi connectivity index (χ3v) is 2.99. The second-order valence-corrected chi connectivity index (χ2v) is 3.79. The van der Waals surface area contributed by atoms with Crippen LogP contribution in [0.4, 0.5) is 0 Å².